The van der Waals surface area contributed by atoms with Crippen LogP contribution in [0.4, 0.5) is 0 Å². The van der Waals surface area contributed by atoms with Crippen molar-refractivity contribution in [2.75, 3.05) is 12.9 Å². The number of carboxylic acids is 1. The maximum absolute atomic E-state index is 13.7. The third kappa shape index (κ3) is 7.16. The number of carboxylic acid groups (broad SMARTS) is 1. The summed E-state index contributed by atoms with van der Waals surface area (Å²) in [6.45, 7) is 3.54. The second kappa shape index (κ2) is 12.5. The molecule has 0 aliphatic rings. The second-order valence-corrected chi connectivity index (χ2v) is 16.2. The number of benzene rings is 3. The number of carbonyl (C=O) groups excluding carboxylic acids is 1. The van der Waals surface area contributed by atoms with E-state index in [2.05, 4.69) is 5.32 Å². The van der Waals surface area contributed by atoms with E-state index in [1.165, 1.54) is 30.3 Å². The van der Waals surface area contributed by atoms with Gasteiger partial charge in [0.2, 0.25) is 0 Å². The molecule has 4 rings (SSSR count). The van der Waals surface area contributed by atoms with Crippen LogP contribution >= 0.6 is 30.3 Å². The fraction of sp³-hybridized carbons (Fsp3) is 0.200. The van der Waals surface area contributed by atoms with Crippen molar-refractivity contribution in [1.29, 1.82) is 0 Å². The van der Waals surface area contributed by atoms with Gasteiger partial charge in [-0.1, -0.05) is 66.5 Å². The molecule has 3 atom stereocenters. The van der Waals surface area contributed by atoms with Gasteiger partial charge in [0.25, 0.3) is 5.91 Å². The molecule has 0 aliphatic carbocycles. The number of halogens is 2. The van der Waals surface area contributed by atoms with E-state index in [0.717, 1.165) is 11.6 Å². The molecular formula is C30H28Cl2NO7PS. The van der Waals surface area contributed by atoms with E-state index >= 15 is 0 Å². The number of fused-ring (bicyclic) bond motifs is 1. The van der Waals surface area contributed by atoms with Crippen LogP contribution in [0.25, 0.3) is 17.0 Å². The quantitative estimate of drug-likeness (QED) is 0.193. The number of nitrogens with one attached hydrogen (secondary N) is 1. The summed E-state index contributed by atoms with van der Waals surface area (Å²) in [5.74, 6) is -2.11. The first-order valence-electron chi connectivity index (χ1n) is 12.7. The van der Waals surface area contributed by atoms with Crippen LogP contribution in [0.2, 0.25) is 10.0 Å². The summed E-state index contributed by atoms with van der Waals surface area (Å²) in [5.41, 5.74) is 1.18. The Balaban J connectivity index is 1.50. The Kier molecular flexibility index (Phi) is 9.38. The summed E-state index contributed by atoms with van der Waals surface area (Å²) in [6, 6.07) is 14.8. The molecule has 3 aromatic carbocycles. The lowest BCUT2D eigenvalue weighted by Crippen LogP contribution is -2.42. The van der Waals surface area contributed by atoms with E-state index < -0.39 is 34.9 Å². The van der Waals surface area contributed by atoms with Gasteiger partial charge in [-0.05, 0) is 54.2 Å². The largest absolute Gasteiger partial charge is 0.480 e. The van der Waals surface area contributed by atoms with Crippen molar-refractivity contribution in [3.05, 3.63) is 99.7 Å². The Bertz CT molecular complexity index is 1840. The Hall–Kier alpha value is -3.36. The van der Waals surface area contributed by atoms with Crippen molar-refractivity contribution in [3.8, 4) is 0 Å². The molecule has 0 spiro atoms. The molecule has 12 heteroatoms. The fourth-order valence-electron chi connectivity index (χ4n) is 4.34. The van der Waals surface area contributed by atoms with Crippen molar-refractivity contribution in [1.82, 2.24) is 5.32 Å². The summed E-state index contributed by atoms with van der Waals surface area (Å²) in [5, 5.41) is 13.7. The standard InChI is InChI=1S/C30H28Cl2NO7PS/c1-18(41(2,37)22-10-9-21-11-12-40-27(21)17-22)7-8-20-14-24(31)28(25(32)15-20)29(34)33-26(30(35)36)16-19-5-4-6-23(13-19)42(3,38)39/h4-15,17-18,26H,16H2,1-3H3,(H,33,34)(H,35,36)/b8-7+/t18?,26-,41?/m0/s1. The minimum atomic E-state index is -3.50. The molecule has 1 heterocycles. The summed E-state index contributed by atoms with van der Waals surface area (Å²) < 4.78 is 42.8. The molecule has 2 unspecified atom stereocenters. The van der Waals surface area contributed by atoms with Crippen molar-refractivity contribution in [2.45, 2.75) is 29.9 Å². The SMILES string of the molecule is CC(/C=C/c1cc(Cl)c(C(=O)N[C@@H](Cc2cccc(S(C)(=O)=O)c2)C(=O)O)c(Cl)c1)P(C)(=O)c1ccc2ccoc2c1. The number of amides is 1. The van der Waals surface area contributed by atoms with Crippen LogP contribution in [0, 0.1) is 0 Å². The Morgan fingerprint density at radius 3 is 2.40 bits per heavy atom. The van der Waals surface area contributed by atoms with Gasteiger partial charge in [-0.25, -0.2) is 13.2 Å². The van der Waals surface area contributed by atoms with Crippen molar-refractivity contribution in [2.24, 2.45) is 0 Å². The number of furan rings is 1. The Morgan fingerprint density at radius 2 is 1.76 bits per heavy atom. The Labute approximate surface area is 253 Å². The van der Waals surface area contributed by atoms with Gasteiger partial charge in [-0.2, -0.15) is 0 Å². The Morgan fingerprint density at radius 1 is 1.07 bits per heavy atom. The average molecular weight is 649 g/mol. The summed E-state index contributed by atoms with van der Waals surface area (Å²) in [6.07, 6.45) is 5.95. The number of sulfone groups is 1. The van der Waals surface area contributed by atoms with Crippen LogP contribution in [0.3, 0.4) is 0 Å². The summed E-state index contributed by atoms with van der Waals surface area (Å²) >= 11 is 12.8. The van der Waals surface area contributed by atoms with E-state index in [1.807, 2.05) is 25.1 Å². The highest BCUT2D eigenvalue weighted by Gasteiger charge is 2.26. The van der Waals surface area contributed by atoms with Crippen molar-refractivity contribution in [3.63, 3.8) is 0 Å². The summed E-state index contributed by atoms with van der Waals surface area (Å²) in [4.78, 5) is 25.0. The topological polar surface area (TPSA) is 131 Å². The lowest BCUT2D eigenvalue weighted by atomic mass is 10.0. The zero-order valence-electron chi connectivity index (χ0n) is 22.9. The van der Waals surface area contributed by atoms with Gasteiger partial charge >= 0.3 is 5.97 Å². The van der Waals surface area contributed by atoms with Gasteiger partial charge in [-0.15, -0.1) is 0 Å². The molecule has 0 aliphatic heterocycles. The van der Waals surface area contributed by atoms with Gasteiger partial charge in [0, 0.05) is 29.0 Å². The molecule has 42 heavy (non-hydrogen) atoms. The number of allylic oxidation sites excluding steroid dienone is 1. The number of hydrogen-bond acceptors (Lipinski definition) is 6. The van der Waals surface area contributed by atoms with Gasteiger partial charge in [-0.3, -0.25) is 4.79 Å². The highest BCUT2D eigenvalue weighted by molar-refractivity contribution is 7.90. The molecule has 1 aromatic heterocycles. The molecule has 0 bridgehead atoms. The number of rotatable bonds is 10. The first-order valence-corrected chi connectivity index (χ1v) is 17.6. The van der Waals surface area contributed by atoms with Gasteiger partial charge in [0.15, 0.2) is 9.84 Å². The first-order chi connectivity index (χ1) is 19.7. The number of aliphatic carboxylic acids is 1. The lowest BCUT2D eigenvalue weighted by Gasteiger charge is -2.18. The minimum Gasteiger partial charge on any atom is -0.480 e. The van der Waals surface area contributed by atoms with Crippen molar-refractivity contribution >= 4 is 74.4 Å². The minimum absolute atomic E-state index is 0.00142. The molecule has 0 radical (unpaired) electrons. The maximum atomic E-state index is 13.7. The molecule has 0 saturated carbocycles. The van der Waals surface area contributed by atoms with Crippen LogP contribution in [-0.4, -0.2) is 50.0 Å². The average Bonchev–Trinajstić information content (AvgIpc) is 3.38. The summed E-state index contributed by atoms with van der Waals surface area (Å²) in [7, 11) is -6.33. The molecule has 8 nitrogen and oxygen atoms in total. The van der Waals surface area contributed by atoms with Crippen LogP contribution in [-0.2, 0) is 25.6 Å². The molecule has 1 amide bonds. The second-order valence-electron chi connectivity index (χ2n) is 10.1. The zero-order valence-corrected chi connectivity index (χ0v) is 26.1. The predicted octanol–water partition coefficient (Wildman–Crippen LogP) is 6.29. The lowest BCUT2D eigenvalue weighted by molar-refractivity contribution is -0.139. The van der Waals surface area contributed by atoms with Crippen LogP contribution in [0.5, 0.6) is 0 Å². The smallest absolute Gasteiger partial charge is 0.326 e. The predicted molar refractivity (Wildman–Crippen MR) is 166 cm³/mol. The van der Waals surface area contributed by atoms with E-state index in [-0.39, 0.29) is 32.6 Å². The van der Waals surface area contributed by atoms with E-state index in [4.69, 9.17) is 27.6 Å². The maximum Gasteiger partial charge on any atom is 0.326 e. The van der Waals surface area contributed by atoms with Gasteiger partial charge < -0.3 is 19.4 Å². The van der Waals surface area contributed by atoms with Gasteiger partial charge in [0.05, 0.1) is 26.8 Å². The third-order valence-corrected chi connectivity index (χ3v) is 11.7. The fourth-order valence-corrected chi connectivity index (χ4v) is 7.34. The molecule has 220 valence electrons. The van der Waals surface area contributed by atoms with Crippen LogP contribution in [0.15, 0.2) is 82.3 Å². The van der Waals surface area contributed by atoms with Crippen LogP contribution in [0.1, 0.15) is 28.4 Å². The van der Waals surface area contributed by atoms with Crippen molar-refractivity contribution < 1.29 is 32.1 Å². The monoisotopic (exact) mass is 647 g/mol. The number of carbonyl (C=O) groups is 2. The molecule has 4 aromatic rings. The molecule has 2 N–H and O–H groups in total. The highest BCUT2D eigenvalue weighted by atomic mass is 35.5. The first kappa shape index (κ1) is 31.6. The molecular weight excluding hydrogens is 620 g/mol. The molecule has 0 fully saturated rings. The molecule has 0 saturated heterocycles. The van der Waals surface area contributed by atoms with E-state index in [9.17, 15) is 27.7 Å². The van der Waals surface area contributed by atoms with E-state index in [0.29, 0.717) is 22.0 Å². The highest BCUT2D eigenvalue weighted by Crippen LogP contribution is 2.47. The normalized spacial score (nSPS) is 14.9. The van der Waals surface area contributed by atoms with E-state index in [1.54, 1.807) is 37.2 Å². The number of hydrogen-bond donors (Lipinski definition) is 2. The third-order valence-electron chi connectivity index (χ3n) is 6.96. The zero-order chi connectivity index (χ0) is 30.8. The van der Waals surface area contributed by atoms with Gasteiger partial charge in [0.1, 0.15) is 18.8 Å². The van der Waals surface area contributed by atoms with Crippen LogP contribution < -0.4 is 10.6 Å².